The van der Waals surface area contributed by atoms with Crippen LogP contribution in [0.2, 0.25) is 0 Å². The molecule has 0 aromatic carbocycles. The summed E-state index contributed by atoms with van der Waals surface area (Å²) >= 11 is 0. The smallest absolute Gasteiger partial charge is 0.323 e. The number of carboxylic acids is 1. The number of hydrogen-bond donors (Lipinski definition) is 1. The number of carbonyl (C=O) groups is 1. The minimum Gasteiger partial charge on any atom is -0.480 e. The highest BCUT2D eigenvalue weighted by Gasteiger charge is 2.26. The van der Waals surface area contributed by atoms with Crippen LogP contribution in [0.5, 0.6) is 0 Å². The van der Waals surface area contributed by atoms with Gasteiger partial charge in [0, 0.05) is 7.11 Å². The van der Waals surface area contributed by atoms with E-state index in [9.17, 15) is 4.79 Å². The van der Waals surface area contributed by atoms with Crippen molar-refractivity contribution in [2.75, 3.05) is 7.11 Å². The number of rotatable bonds is 4. The van der Waals surface area contributed by atoms with Crippen molar-refractivity contribution in [3.8, 4) is 6.07 Å². The zero-order valence-electron chi connectivity index (χ0n) is 6.57. The Balaban J connectivity index is 4.24. The summed E-state index contributed by atoms with van der Waals surface area (Å²) in [7, 11) is 1.40. The van der Waals surface area contributed by atoms with Gasteiger partial charge >= 0.3 is 5.97 Å². The lowest BCUT2D eigenvalue weighted by Gasteiger charge is -2.14. The molecule has 0 amide bonds. The van der Waals surface area contributed by atoms with Crippen LogP contribution in [0.3, 0.4) is 0 Å². The van der Waals surface area contributed by atoms with E-state index in [4.69, 9.17) is 15.1 Å². The Kier molecular flexibility index (Phi) is 4.23. The SMILES string of the molecule is CCC(OC)C(C#N)C(=O)O. The summed E-state index contributed by atoms with van der Waals surface area (Å²) < 4.78 is 4.81. The van der Waals surface area contributed by atoms with Crippen molar-refractivity contribution in [2.24, 2.45) is 5.92 Å². The van der Waals surface area contributed by atoms with Crippen LogP contribution in [0.25, 0.3) is 0 Å². The van der Waals surface area contributed by atoms with Gasteiger partial charge in [0.1, 0.15) is 0 Å². The molecule has 1 N–H and O–H groups in total. The molecule has 62 valence electrons. The fraction of sp³-hybridized carbons (Fsp3) is 0.714. The number of carboxylic acid groups (broad SMARTS) is 1. The molecule has 4 heteroatoms. The number of aliphatic carboxylic acids is 1. The predicted octanol–water partition coefficient (Wildman–Crippen LogP) is 0.636. The topological polar surface area (TPSA) is 70.3 Å². The van der Waals surface area contributed by atoms with Crippen molar-refractivity contribution in [1.82, 2.24) is 0 Å². The number of ether oxygens (including phenoxy) is 1. The van der Waals surface area contributed by atoms with E-state index in [1.165, 1.54) is 7.11 Å². The summed E-state index contributed by atoms with van der Waals surface area (Å²) in [6.45, 7) is 1.78. The number of methoxy groups -OCH3 is 1. The third-order valence-corrected chi connectivity index (χ3v) is 1.48. The summed E-state index contributed by atoms with van der Waals surface area (Å²) in [6, 6.07) is 1.68. The molecular formula is C7H11NO3. The lowest BCUT2D eigenvalue weighted by atomic mass is 10.0. The molecule has 0 spiro atoms. The molecule has 4 nitrogen and oxygen atoms in total. The molecule has 0 rings (SSSR count). The van der Waals surface area contributed by atoms with Crippen LogP contribution in [0, 0.1) is 17.2 Å². The molecular weight excluding hydrogens is 146 g/mol. The van der Waals surface area contributed by atoms with Gasteiger partial charge < -0.3 is 9.84 Å². The van der Waals surface area contributed by atoms with Crippen LogP contribution in [-0.4, -0.2) is 24.3 Å². The lowest BCUT2D eigenvalue weighted by Crippen LogP contribution is -2.27. The molecule has 2 atom stereocenters. The highest BCUT2D eigenvalue weighted by Crippen LogP contribution is 2.09. The second-order valence-electron chi connectivity index (χ2n) is 2.13. The first-order chi connectivity index (χ1) is 5.17. The van der Waals surface area contributed by atoms with Crippen molar-refractivity contribution in [2.45, 2.75) is 19.4 Å². The molecule has 0 radical (unpaired) electrons. The van der Waals surface area contributed by atoms with E-state index in [1.807, 2.05) is 0 Å². The molecule has 2 unspecified atom stereocenters. The van der Waals surface area contributed by atoms with E-state index in [0.29, 0.717) is 6.42 Å². The number of hydrogen-bond acceptors (Lipinski definition) is 3. The van der Waals surface area contributed by atoms with Crippen molar-refractivity contribution < 1.29 is 14.6 Å². The Morgan fingerprint density at radius 1 is 1.82 bits per heavy atom. The summed E-state index contributed by atoms with van der Waals surface area (Å²) in [6.07, 6.45) is 0.0265. The van der Waals surface area contributed by atoms with E-state index < -0.39 is 18.0 Å². The fourth-order valence-corrected chi connectivity index (χ4v) is 0.836. The van der Waals surface area contributed by atoms with Gasteiger partial charge in [-0.05, 0) is 6.42 Å². The third kappa shape index (κ3) is 2.56. The minimum absolute atomic E-state index is 0.502. The van der Waals surface area contributed by atoms with Gasteiger partial charge in [-0.2, -0.15) is 5.26 Å². The summed E-state index contributed by atoms with van der Waals surface area (Å²) in [5.41, 5.74) is 0. The molecule has 0 bridgehead atoms. The number of nitriles is 1. The number of nitrogens with zero attached hydrogens (tertiary/aromatic N) is 1. The van der Waals surface area contributed by atoms with E-state index in [1.54, 1.807) is 13.0 Å². The first-order valence-corrected chi connectivity index (χ1v) is 3.32. The van der Waals surface area contributed by atoms with Gasteiger partial charge in [-0.1, -0.05) is 6.92 Å². The lowest BCUT2D eigenvalue weighted by molar-refractivity contribution is -0.143. The summed E-state index contributed by atoms with van der Waals surface area (Å²) in [5.74, 6) is -2.17. The van der Waals surface area contributed by atoms with Gasteiger partial charge in [0.05, 0.1) is 12.2 Å². The Morgan fingerprint density at radius 2 is 2.36 bits per heavy atom. The highest BCUT2D eigenvalue weighted by molar-refractivity contribution is 5.73. The van der Waals surface area contributed by atoms with Crippen molar-refractivity contribution in [1.29, 1.82) is 5.26 Å². The van der Waals surface area contributed by atoms with Crippen molar-refractivity contribution in [3.05, 3.63) is 0 Å². The Hall–Kier alpha value is -1.08. The molecule has 0 aromatic rings. The van der Waals surface area contributed by atoms with E-state index >= 15 is 0 Å². The van der Waals surface area contributed by atoms with Crippen molar-refractivity contribution >= 4 is 5.97 Å². The summed E-state index contributed by atoms with van der Waals surface area (Å²) in [5, 5.41) is 16.9. The van der Waals surface area contributed by atoms with Gasteiger partial charge in [-0.25, -0.2) is 0 Å². The standard InChI is InChI=1S/C7H11NO3/c1-3-6(11-2)5(4-8)7(9)10/h5-6H,3H2,1-2H3,(H,9,10). The quantitative estimate of drug-likeness (QED) is 0.649. The minimum atomic E-state index is -1.12. The van der Waals surface area contributed by atoms with E-state index in [0.717, 1.165) is 0 Å². The van der Waals surface area contributed by atoms with Gasteiger partial charge in [0.15, 0.2) is 5.92 Å². The normalized spacial score (nSPS) is 15.0. The molecule has 0 aliphatic carbocycles. The Labute approximate surface area is 65.4 Å². The molecule has 0 saturated carbocycles. The zero-order chi connectivity index (χ0) is 8.85. The Morgan fingerprint density at radius 3 is 2.45 bits per heavy atom. The molecule has 11 heavy (non-hydrogen) atoms. The van der Waals surface area contributed by atoms with Crippen LogP contribution in [0.15, 0.2) is 0 Å². The predicted molar refractivity (Wildman–Crippen MR) is 37.8 cm³/mol. The molecule has 0 aliphatic rings. The van der Waals surface area contributed by atoms with Crippen LogP contribution in [-0.2, 0) is 9.53 Å². The molecule has 0 saturated heterocycles. The first-order valence-electron chi connectivity index (χ1n) is 3.32. The zero-order valence-corrected chi connectivity index (χ0v) is 6.57. The first kappa shape index (κ1) is 9.92. The second kappa shape index (κ2) is 4.69. The molecule has 0 aliphatic heterocycles. The highest BCUT2D eigenvalue weighted by atomic mass is 16.5. The third-order valence-electron chi connectivity index (χ3n) is 1.48. The summed E-state index contributed by atoms with van der Waals surface area (Å²) in [4.78, 5) is 10.4. The maximum absolute atomic E-state index is 10.4. The monoisotopic (exact) mass is 157 g/mol. The molecule has 0 heterocycles. The Bertz CT molecular complexity index is 169. The van der Waals surface area contributed by atoms with Crippen LogP contribution < -0.4 is 0 Å². The second-order valence-corrected chi connectivity index (χ2v) is 2.13. The van der Waals surface area contributed by atoms with Gasteiger partial charge in [-0.3, -0.25) is 4.79 Å². The largest absolute Gasteiger partial charge is 0.480 e. The molecule has 0 aromatic heterocycles. The van der Waals surface area contributed by atoms with Gasteiger partial charge in [0.25, 0.3) is 0 Å². The van der Waals surface area contributed by atoms with E-state index in [2.05, 4.69) is 0 Å². The maximum Gasteiger partial charge on any atom is 0.323 e. The van der Waals surface area contributed by atoms with E-state index in [-0.39, 0.29) is 0 Å². The average Bonchev–Trinajstić information content (AvgIpc) is 1.99. The maximum atomic E-state index is 10.4. The van der Waals surface area contributed by atoms with Crippen LogP contribution in [0.4, 0.5) is 0 Å². The van der Waals surface area contributed by atoms with Crippen molar-refractivity contribution in [3.63, 3.8) is 0 Å². The average molecular weight is 157 g/mol. The fourth-order valence-electron chi connectivity index (χ4n) is 0.836. The van der Waals surface area contributed by atoms with Gasteiger partial charge in [0.2, 0.25) is 0 Å². The molecule has 0 fully saturated rings. The van der Waals surface area contributed by atoms with Crippen LogP contribution >= 0.6 is 0 Å². The van der Waals surface area contributed by atoms with Gasteiger partial charge in [-0.15, -0.1) is 0 Å². The van der Waals surface area contributed by atoms with Crippen LogP contribution in [0.1, 0.15) is 13.3 Å².